The molecule has 1 aliphatic heterocycles. The highest BCUT2D eigenvalue weighted by Gasteiger charge is 2.47. The van der Waals surface area contributed by atoms with Crippen molar-refractivity contribution in [3.05, 3.63) is 28.8 Å². The van der Waals surface area contributed by atoms with Crippen LogP contribution in [-0.4, -0.2) is 41.7 Å². The molecule has 2 fully saturated rings. The van der Waals surface area contributed by atoms with Crippen molar-refractivity contribution < 1.29 is 23.9 Å². The standard InChI is InChI=1S/C20H23ClN2O5/c1-12-6-7-13(10-16(12)21)22-17(24)11-28-18(25)8-9-23-19(26)14-4-2-3-5-15(14)20(23)27/h6-7,10,14-15H,2-5,8-9,11H2,1H3,(H,22,24)/t14-,15+. The molecule has 1 aliphatic carbocycles. The van der Waals surface area contributed by atoms with Crippen LogP contribution in [0.4, 0.5) is 5.69 Å². The first-order chi connectivity index (χ1) is 13.4. The van der Waals surface area contributed by atoms with Gasteiger partial charge in [0.05, 0.1) is 18.3 Å². The number of aryl methyl sites for hydroxylation is 1. The van der Waals surface area contributed by atoms with Gasteiger partial charge in [-0.1, -0.05) is 30.5 Å². The van der Waals surface area contributed by atoms with Crippen LogP contribution in [0.1, 0.15) is 37.7 Å². The number of anilines is 1. The van der Waals surface area contributed by atoms with E-state index in [1.165, 1.54) is 4.90 Å². The third-order valence-electron chi connectivity index (χ3n) is 5.29. The molecule has 0 aromatic heterocycles. The van der Waals surface area contributed by atoms with Gasteiger partial charge in [0, 0.05) is 17.3 Å². The van der Waals surface area contributed by atoms with E-state index in [1.807, 2.05) is 6.92 Å². The summed E-state index contributed by atoms with van der Waals surface area (Å²) in [6.45, 7) is 1.40. The Morgan fingerprint density at radius 2 is 1.82 bits per heavy atom. The second-order valence-electron chi connectivity index (χ2n) is 7.25. The first-order valence-corrected chi connectivity index (χ1v) is 9.81. The maximum Gasteiger partial charge on any atom is 0.308 e. The van der Waals surface area contributed by atoms with Gasteiger partial charge in [0.2, 0.25) is 11.8 Å². The molecule has 8 heteroatoms. The SMILES string of the molecule is Cc1ccc(NC(=O)COC(=O)CCN2C(=O)[C@H]3CCCC[C@H]3C2=O)cc1Cl. The second kappa shape index (κ2) is 8.73. The van der Waals surface area contributed by atoms with Crippen molar-refractivity contribution in [2.45, 2.75) is 39.0 Å². The Bertz CT molecular complexity index is 786. The minimum absolute atomic E-state index is 0.00130. The van der Waals surface area contributed by atoms with Gasteiger partial charge in [0.1, 0.15) is 0 Å². The lowest BCUT2D eigenvalue weighted by Gasteiger charge is -2.19. The van der Waals surface area contributed by atoms with Gasteiger partial charge < -0.3 is 10.1 Å². The maximum atomic E-state index is 12.4. The van der Waals surface area contributed by atoms with E-state index in [9.17, 15) is 19.2 Å². The molecule has 1 saturated carbocycles. The van der Waals surface area contributed by atoms with E-state index in [1.54, 1.807) is 18.2 Å². The number of amides is 3. The fourth-order valence-electron chi connectivity index (χ4n) is 3.74. The number of hydrogen-bond donors (Lipinski definition) is 1. The van der Waals surface area contributed by atoms with Crippen LogP contribution in [0.15, 0.2) is 18.2 Å². The zero-order valence-corrected chi connectivity index (χ0v) is 16.5. The molecular weight excluding hydrogens is 384 g/mol. The summed E-state index contributed by atoms with van der Waals surface area (Å²) >= 11 is 6.00. The summed E-state index contributed by atoms with van der Waals surface area (Å²) in [4.78, 5) is 49.7. The topological polar surface area (TPSA) is 92.8 Å². The van der Waals surface area contributed by atoms with E-state index in [-0.39, 0.29) is 36.6 Å². The van der Waals surface area contributed by atoms with E-state index >= 15 is 0 Å². The molecule has 1 N–H and O–H groups in total. The van der Waals surface area contributed by atoms with Crippen molar-refractivity contribution in [3.63, 3.8) is 0 Å². The fourth-order valence-corrected chi connectivity index (χ4v) is 3.92. The number of benzene rings is 1. The Morgan fingerprint density at radius 1 is 1.18 bits per heavy atom. The predicted molar refractivity (Wildman–Crippen MR) is 103 cm³/mol. The molecule has 3 rings (SSSR count). The van der Waals surface area contributed by atoms with Crippen LogP contribution < -0.4 is 5.32 Å². The lowest BCUT2D eigenvalue weighted by atomic mass is 9.81. The van der Waals surface area contributed by atoms with Gasteiger partial charge in [-0.15, -0.1) is 0 Å². The number of ether oxygens (including phenoxy) is 1. The Balaban J connectivity index is 1.43. The van der Waals surface area contributed by atoms with E-state index in [0.717, 1.165) is 31.2 Å². The number of likely N-dealkylation sites (tertiary alicyclic amines) is 1. The van der Waals surface area contributed by atoms with Crippen molar-refractivity contribution in [1.29, 1.82) is 0 Å². The lowest BCUT2D eigenvalue weighted by Crippen LogP contribution is -2.33. The van der Waals surface area contributed by atoms with Gasteiger partial charge in [-0.05, 0) is 37.5 Å². The van der Waals surface area contributed by atoms with Crippen LogP contribution in [0.25, 0.3) is 0 Å². The van der Waals surface area contributed by atoms with Crippen molar-refractivity contribution in [2.75, 3.05) is 18.5 Å². The van der Waals surface area contributed by atoms with E-state index in [4.69, 9.17) is 16.3 Å². The number of nitrogens with one attached hydrogen (secondary N) is 1. The maximum absolute atomic E-state index is 12.4. The molecule has 28 heavy (non-hydrogen) atoms. The molecule has 7 nitrogen and oxygen atoms in total. The molecule has 1 heterocycles. The van der Waals surface area contributed by atoms with Crippen LogP contribution >= 0.6 is 11.6 Å². The number of hydrogen-bond acceptors (Lipinski definition) is 5. The Labute approximate surface area is 168 Å². The quantitative estimate of drug-likeness (QED) is 0.579. The van der Waals surface area contributed by atoms with Gasteiger partial charge in [-0.2, -0.15) is 0 Å². The highest BCUT2D eigenvalue weighted by Crippen LogP contribution is 2.37. The number of carbonyl (C=O) groups is 4. The molecule has 2 atom stereocenters. The number of esters is 1. The molecule has 3 amide bonds. The lowest BCUT2D eigenvalue weighted by molar-refractivity contribution is -0.148. The zero-order chi connectivity index (χ0) is 20.3. The van der Waals surface area contributed by atoms with Gasteiger partial charge in [0.25, 0.3) is 5.91 Å². The summed E-state index contributed by atoms with van der Waals surface area (Å²) in [6, 6.07) is 5.08. The summed E-state index contributed by atoms with van der Waals surface area (Å²) < 4.78 is 4.95. The molecule has 0 bridgehead atoms. The van der Waals surface area contributed by atoms with Gasteiger partial charge >= 0.3 is 5.97 Å². The largest absolute Gasteiger partial charge is 0.456 e. The number of fused-ring (bicyclic) bond motifs is 1. The number of halogens is 1. The molecule has 1 saturated heterocycles. The molecule has 0 unspecified atom stereocenters. The molecule has 0 spiro atoms. The van der Waals surface area contributed by atoms with E-state index in [0.29, 0.717) is 10.7 Å². The zero-order valence-electron chi connectivity index (χ0n) is 15.7. The summed E-state index contributed by atoms with van der Waals surface area (Å²) in [5.74, 6) is -1.96. The monoisotopic (exact) mass is 406 g/mol. The van der Waals surface area contributed by atoms with Crippen LogP contribution in [0.5, 0.6) is 0 Å². The predicted octanol–water partition coefficient (Wildman–Crippen LogP) is 2.70. The summed E-state index contributed by atoms with van der Waals surface area (Å²) in [6.07, 6.45) is 3.26. The van der Waals surface area contributed by atoms with Gasteiger partial charge in [-0.25, -0.2) is 0 Å². The Hall–Kier alpha value is -2.41. The summed E-state index contributed by atoms with van der Waals surface area (Å²) in [5.41, 5.74) is 1.39. The normalized spacial score (nSPS) is 21.4. The van der Waals surface area contributed by atoms with Crippen molar-refractivity contribution in [3.8, 4) is 0 Å². The number of nitrogens with zero attached hydrogens (tertiary/aromatic N) is 1. The van der Waals surface area contributed by atoms with E-state index < -0.39 is 18.5 Å². The van der Waals surface area contributed by atoms with Gasteiger partial charge in [-0.3, -0.25) is 24.1 Å². The summed E-state index contributed by atoms with van der Waals surface area (Å²) in [5, 5.41) is 3.11. The molecule has 2 aliphatic rings. The van der Waals surface area contributed by atoms with Gasteiger partial charge in [0.15, 0.2) is 6.61 Å². The minimum Gasteiger partial charge on any atom is -0.456 e. The molecule has 150 valence electrons. The number of imide groups is 1. The average Bonchev–Trinajstić information content (AvgIpc) is 2.92. The third-order valence-corrected chi connectivity index (χ3v) is 5.70. The van der Waals surface area contributed by atoms with E-state index in [2.05, 4.69) is 5.32 Å². The van der Waals surface area contributed by atoms with Crippen molar-refractivity contribution >= 4 is 41.0 Å². The first-order valence-electron chi connectivity index (χ1n) is 9.43. The molecule has 1 aromatic rings. The Morgan fingerprint density at radius 3 is 2.43 bits per heavy atom. The fraction of sp³-hybridized carbons (Fsp3) is 0.500. The van der Waals surface area contributed by atoms with Crippen LogP contribution in [-0.2, 0) is 23.9 Å². The van der Waals surface area contributed by atoms with Crippen LogP contribution in [0.2, 0.25) is 5.02 Å². The van der Waals surface area contributed by atoms with Crippen molar-refractivity contribution in [2.24, 2.45) is 11.8 Å². The minimum atomic E-state index is -0.632. The number of rotatable bonds is 6. The van der Waals surface area contributed by atoms with Crippen molar-refractivity contribution in [1.82, 2.24) is 4.90 Å². The average molecular weight is 407 g/mol. The van der Waals surface area contributed by atoms with Crippen LogP contribution in [0.3, 0.4) is 0 Å². The first kappa shape index (κ1) is 20.3. The molecular formula is C20H23ClN2O5. The second-order valence-corrected chi connectivity index (χ2v) is 7.66. The summed E-state index contributed by atoms with van der Waals surface area (Å²) in [7, 11) is 0. The third kappa shape index (κ3) is 4.52. The number of carbonyl (C=O) groups excluding carboxylic acids is 4. The highest BCUT2D eigenvalue weighted by molar-refractivity contribution is 6.31. The smallest absolute Gasteiger partial charge is 0.308 e. The highest BCUT2D eigenvalue weighted by atomic mass is 35.5. The Kier molecular flexibility index (Phi) is 6.34. The molecule has 1 aromatic carbocycles. The van der Waals surface area contributed by atoms with Crippen LogP contribution in [0, 0.1) is 18.8 Å². The molecule has 0 radical (unpaired) electrons.